The van der Waals surface area contributed by atoms with E-state index in [1.165, 1.54) is 12.5 Å². The molecule has 3 atom stereocenters. The molecule has 0 bridgehead atoms. The van der Waals surface area contributed by atoms with E-state index in [1.807, 2.05) is 0 Å². The normalized spacial score (nSPS) is 2.57. The Morgan fingerprint density at radius 2 is 1.14 bits per heavy atom. The minimum Gasteiger partial charge on any atom is -0.788 e. The standard InChI is InChI=1S/CH4NO.K.3H3P/c1-2-3;;;;/h2H,1H3;;3*1H3/q-1;+1;;;. The molecule has 1 N–H and O–H groups in total. The van der Waals surface area contributed by atoms with Gasteiger partial charge >= 0.3 is 51.4 Å². The molecule has 0 fully saturated rings. The van der Waals surface area contributed by atoms with Crippen LogP contribution >= 0.6 is 29.7 Å². The zero-order chi connectivity index (χ0) is 2.71. The molecule has 0 aliphatic rings. The third-order valence-corrected chi connectivity index (χ3v) is 0. The van der Waals surface area contributed by atoms with E-state index < -0.39 is 0 Å². The topological polar surface area (TPSA) is 35.1 Å². The van der Waals surface area contributed by atoms with E-state index in [-0.39, 0.29) is 81.1 Å². The zero-order valence-corrected chi connectivity index (χ0v) is 12.4. The van der Waals surface area contributed by atoms with Gasteiger partial charge in [-0.05, 0) is 7.05 Å². The average molecular weight is 187 g/mol. The van der Waals surface area contributed by atoms with Crippen molar-refractivity contribution < 1.29 is 51.4 Å². The number of rotatable bonds is 0. The summed E-state index contributed by atoms with van der Waals surface area (Å²) in [6.07, 6.45) is 0. The molecule has 0 rings (SSSR count). The first-order valence-corrected chi connectivity index (χ1v) is 0.704. The molecule has 6 heteroatoms. The van der Waals surface area contributed by atoms with Gasteiger partial charge in [-0.15, -0.1) is 0 Å². The first kappa shape index (κ1) is 32.8. The van der Waals surface area contributed by atoms with Crippen molar-refractivity contribution in [3.05, 3.63) is 5.21 Å². The largest absolute Gasteiger partial charge is 1.00 e. The molecule has 0 heterocycles. The van der Waals surface area contributed by atoms with Crippen molar-refractivity contribution in [3.8, 4) is 0 Å². The quantitative estimate of drug-likeness (QED) is 0.247. The van der Waals surface area contributed by atoms with Gasteiger partial charge in [-0.25, -0.2) is 0 Å². The van der Waals surface area contributed by atoms with E-state index in [2.05, 4.69) is 0 Å². The molecule has 0 aromatic heterocycles. The fraction of sp³-hybridized carbons (Fsp3) is 1.00. The Hall–Kier alpha value is 2.85. The van der Waals surface area contributed by atoms with E-state index in [4.69, 9.17) is 5.21 Å². The molecule has 0 aromatic rings. The molecule has 0 aromatic carbocycles. The molecular formula is CH13KNOP3. The molecular weight excluding hydrogens is 174 g/mol. The molecule has 0 aliphatic carbocycles. The third-order valence-electron chi connectivity index (χ3n) is 0. The minimum atomic E-state index is 0. The van der Waals surface area contributed by atoms with Gasteiger partial charge in [0.1, 0.15) is 0 Å². The SMILES string of the molecule is CN[O-].P.P.P.[K+]. The van der Waals surface area contributed by atoms with Gasteiger partial charge in [0.05, 0.1) is 0 Å². The average Bonchev–Trinajstić information content (AvgIpc) is 0.918. The van der Waals surface area contributed by atoms with Crippen LogP contribution in [0.1, 0.15) is 0 Å². The van der Waals surface area contributed by atoms with Crippen molar-refractivity contribution >= 4 is 29.7 Å². The maximum atomic E-state index is 8.68. The molecule has 2 nitrogen and oxygen atoms in total. The summed E-state index contributed by atoms with van der Waals surface area (Å²) in [4.78, 5) is 0. The van der Waals surface area contributed by atoms with Gasteiger partial charge in [0.25, 0.3) is 0 Å². The Morgan fingerprint density at radius 1 is 1.14 bits per heavy atom. The smallest absolute Gasteiger partial charge is 0.788 e. The summed E-state index contributed by atoms with van der Waals surface area (Å²) in [6, 6.07) is 0. The van der Waals surface area contributed by atoms with E-state index in [0.29, 0.717) is 0 Å². The first-order chi connectivity index (χ1) is 1.41. The molecule has 0 radical (unpaired) electrons. The molecule has 0 amide bonds. The van der Waals surface area contributed by atoms with Crippen LogP contribution in [0.3, 0.4) is 0 Å². The van der Waals surface area contributed by atoms with Crippen LogP contribution in [0.2, 0.25) is 0 Å². The van der Waals surface area contributed by atoms with Crippen molar-refractivity contribution in [3.63, 3.8) is 0 Å². The van der Waals surface area contributed by atoms with Crippen LogP contribution in [0.4, 0.5) is 0 Å². The molecule has 0 spiro atoms. The molecule has 7 heavy (non-hydrogen) atoms. The molecule has 0 saturated heterocycles. The fourth-order valence-electron chi connectivity index (χ4n) is 0. The molecule has 0 saturated carbocycles. The van der Waals surface area contributed by atoms with Gasteiger partial charge < -0.3 is 10.7 Å². The Bertz CT molecular complexity index is 14.9. The summed E-state index contributed by atoms with van der Waals surface area (Å²) in [7, 11) is 1.32. The summed E-state index contributed by atoms with van der Waals surface area (Å²) in [5.41, 5.74) is 1.50. The van der Waals surface area contributed by atoms with Crippen molar-refractivity contribution in [2.45, 2.75) is 0 Å². The second kappa shape index (κ2) is 36.8. The Balaban J connectivity index is -0.00000000333. The van der Waals surface area contributed by atoms with Crippen molar-refractivity contribution in [2.75, 3.05) is 7.05 Å². The van der Waals surface area contributed by atoms with Gasteiger partial charge in [0.15, 0.2) is 0 Å². The van der Waals surface area contributed by atoms with Crippen LogP contribution in [0.25, 0.3) is 0 Å². The maximum Gasteiger partial charge on any atom is 1.00 e. The second-order valence-corrected chi connectivity index (χ2v) is 0.204. The van der Waals surface area contributed by atoms with Gasteiger partial charge in [0, 0.05) is 0 Å². The van der Waals surface area contributed by atoms with E-state index in [0.717, 1.165) is 0 Å². The zero-order valence-electron chi connectivity index (χ0n) is 5.03. The van der Waals surface area contributed by atoms with Gasteiger partial charge in [-0.1, -0.05) is 0 Å². The summed E-state index contributed by atoms with van der Waals surface area (Å²) in [5.74, 6) is 0. The number of hydrogen-bond acceptors (Lipinski definition) is 2. The monoisotopic (exact) mass is 187 g/mol. The maximum absolute atomic E-state index is 8.68. The van der Waals surface area contributed by atoms with E-state index >= 15 is 0 Å². The minimum absolute atomic E-state index is 0. The summed E-state index contributed by atoms with van der Waals surface area (Å²) in [6.45, 7) is 0. The van der Waals surface area contributed by atoms with Gasteiger partial charge in [0.2, 0.25) is 0 Å². The van der Waals surface area contributed by atoms with Crippen LogP contribution in [-0.2, 0) is 0 Å². The number of hydrogen-bond donors (Lipinski definition) is 1. The van der Waals surface area contributed by atoms with Crippen LogP contribution < -0.4 is 56.9 Å². The Kier molecular flexibility index (Phi) is 173. The summed E-state index contributed by atoms with van der Waals surface area (Å²) in [5, 5.41) is 8.68. The van der Waals surface area contributed by atoms with Crippen LogP contribution in [0, 0.1) is 5.21 Å². The third kappa shape index (κ3) is 51.2. The van der Waals surface area contributed by atoms with Crippen molar-refractivity contribution in [1.29, 1.82) is 0 Å². The van der Waals surface area contributed by atoms with Crippen LogP contribution in [-0.4, -0.2) is 7.05 Å². The molecule has 3 unspecified atom stereocenters. The van der Waals surface area contributed by atoms with Crippen molar-refractivity contribution in [1.82, 2.24) is 5.48 Å². The van der Waals surface area contributed by atoms with Crippen molar-refractivity contribution in [2.24, 2.45) is 0 Å². The number of hydroxylamine groups is 1. The number of nitrogens with one attached hydrogen (secondary N) is 1. The first-order valence-electron chi connectivity index (χ1n) is 0.704. The predicted molar refractivity (Wildman–Crippen MR) is 45.7 cm³/mol. The summed E-state index contributed by atoms with van der Waals surface area (Å²) < 4.78 is 0. The van der Waals surface area contributed by atoms with Gasteiger partial charge in [-0.2, -0.15) is 29.7 Å². The summed E-state index contributed by atoms with van der Waals surface area (Å²) >= 11 is 0. The molecule has 0 aliphatic heterocycles. The second-order valence-electron chi connectivity index (χ2n) is 0.204. The van der Waals surface area contributed by atoms with E-state index in [9.17, 15) is 0 Å². The Morgan fingerprint density at radius 3 is 1.14 bits per heavy atom. The van der Waals surface area contributed by atoms with Crippen LogP contribution in [0.15, 0.2) is 0 Å². The van der Waals surface area contributed by atoms with Gasteiger partial charge in [-0.3, -0.25) is 0 Å². The fourth-order valence-corrected chi connectivity index (χ4v) is 0. The predicted octanol–water partition coefficient (Wildman–Crippen LogP) is -3.12. The Labute approximate surface area is 97.2 Å². The van der Waals surface area contributed by atoms with E-state index in [1.54, 1.807) is 0 Å². The van der Waals surface area contributed by atoms with Crippen LogP contribution in [0.5, 0.6) is 0 Å². The molecule has 44 valence electrons.